The number of hydrogen-bond acceptors (Lipinski definition) is 2. The summed E-state index contributed by atoms with van der Waals surface area (Å²) in [6.07, 6.45) is 2.52. The fraction of sp³-hybridized carbons (Fsp3) is 0.455. The van der Waals surface area contributed by atoms with Crippen molar-refractivity contribution in [1.29, 1.82) is 0 Å². The van der Waals surface area contributed by atoms with Crippen molar-refractivity contribution >= 4 is 15.9 Å². The number of hydrogen-bond donors (Lipinski definition) is 1. The third-order valence-electron chi connectivity index (χ3n) is 2.64. The molecule has 3 heteroatoms. The number of halogens is 1. The molecule has 0 radical (unpaired) electrons. The second-order valence-electron chi connectivity index (χ2n) is 3.79. The minimum Gasteiger partial charge on any atom is -0.497 e. The Morgan fingerprint density at radius 1 is 1.43 bits per heavy atom. The molecular weight excluding hydrogens is 242 g/mol. The molecule has 0 saturated heterocycles. The van der Waals surface area contributed by atoms with E-state index in [1.807, 2.05) is 12.1 Å². The van der Waals surface area contributed by atoms with Crippen LogP contribution < -0.4 is 10.5 Å². The summed E-state index contributed by atoms with van der Waals surface area (Å²) in [5, 5.41) is 0. The molecule has 1 fully saturated rings. The Bertz CT molecular complexity index is 336. The van der Waals surface area contributed by atoms with E-state index in [2.05, 4.69) is 22.0 Å². The summed E-state index contributed by atoms with van der Waals surface area (Å²) >= 11 is 3.46. The highest BCUT2D eigenvalue weighted by Gasteiger charge is 2.29. The zero-order chi connectivity index (χ0) is 10.1. The topological polar surface area (TPSA) is 35.2 Å². The van der Waals surface area contributed by atoms with Crippen LogP contribution in [0.25, 0.3) is 0 Å². The van der Waals surface area contributed by atoms with E-state index in [0.717, 1.165) is 10.2 Å². The van der Waals surface area contributed by atoms with Gasteiger partial charge >= 0.3 is 0 Å². The van der Waals surface area contributed by atoms with Crippen LogP contribution in [0.1, 0.15) is 24.4 Å². The molecule has 2 N–H and O–H groups in total. The zero-order valence-corrected chi connectivity index (χ0v) is 9.75. The molecule has 1 atom stereocenters. The number of nitrogens with two attached hydrogens (primary N) is 1. The van der Waals surface area contributed by atoms with Crippen LogP contribution in [-0.4, -0.2) is 7.11 Å². The van der Waals surface area contributed by atoms with Crippen molar-refractivity contribution in [3.63, 3.8) is 0 Å². The molecule has 2 nitrogen and oxygen atoms in total. The SMILES string of the molecule is COc1cc(Br)cc([C@@H](N)C2CC2)c1. The van der Waals surface area contributed by atoms with Crippen molar-refractivity contribution in [2.75, 3.05) is 7.11 Å². The normalized spacial score (nSPS) is 17.9. The van der Waals surface area contributed by atoms with E-state index in [1.54, 1.807) is 7.11 Å². The summed E-state index contributed by atoms with van der Waals surface area (Å²) < 4.78 is 6.23. The largest absolute Gasteiger partial charge is 0.497 e. The van der Waals surface area contributed by atoms with Crippen molar-refractivity contribution in [3.8, 4) is 5.75 Å². The molecule has 76 valence electrons. The van der Waals surface area contributed by atoms with Gasteiger partial charge in [-0.1, -0.05) is 15.9 Å². The van der Waals surface area contributed by atoms with E-state index in [9.17, 15) is 0 Å². The van der Waals surface area contributed by atoms with Gasteiger partial charge in [-0.3, -0.25) is 0 Å². The van der Waals surface area contributed by atoms with E-state index in [0.29, 0.717) is 5.92 Å². The minimum absolute atomic E-state index is 0.168. The summed E-state index contributed by atoms with van der Waals surface area (Å²) in [5.41, 5.74) is 7.28. The first-order valence-corrected chi connectivity index (χ1v) is 5.60. The molecule has 1 aliphatic carbocycles. The van der Waals surface area contributed by atoms with Gasteiger partial charge in [0, 0.05) is 10.5 Å². The lowest BCUT2D eigenvalue weighted by Gasteiger charge is -2.12. The first-order chi connectivity index (χ1) is 6.70. The molecule has 0 bridgehead atoms. The molecule has 0 aromatic heterocycles. The number of methoxy groups -OCH3 is 1. The van der Waals surface area contributed by atoms with Crippen molar-refractivity contribution in [1.82, 2.24) is 0 Å². The summed E-state index contributed by atoms with van der Waals surface area (Å²) in [7, 11) is 1.67. The van der Waals surface area contributed by atoms with E-state index in [1.165, 1.54) is 18.4 Å². The quantitative estimate of drug-likeness (QED) is 0.902. The third kappa shape index (κ3) is 2.10. The molecule has 0 unspecified atom stereocenters. The highest BCUT2D eigenvalue weighted by molar-refractivity contribution is 9.10. The predicted octanol–water partition coefficient (Wildman–Crippen LogP) is 2.87. The molecule has 1 saturated carbocycles. The van der Waals surface area contributed by atoms with Crippen LogP contribution in [0, 0.1) is 5.92 Å². The van der Waals surface area contributed by atoms with Gasteiger partial charge in [-0.25, -0.2) is 0 Å². The molecule has 14 heavy (non-hydrogen) atoms. The fourth-order valence-electron chi connectivity index (χ4n) is 1.62. The van der Waals surface area contributed by atoms with Gasteiger partial charge in [0.1, 0.15) is 5.75 Å². The average Bonchev–Trinajstić information content (AvgIpc) is 2.99. The molecular formula is C11H14BrNO. The van der Waals surface area contributed by atoms with Crippen LogP contribution in [0.3, 0.4) is 0 Å². The van der Waals surface area contributed by atoms with Crippen LogP contribution in [0.5, 0.6) is 5.75 Å². The maximum atomic E-state index is 6.12. The Hall–Kier alpha value is -0.540. The smallest absolute Gasteiger partial charge is 0.120 e. The average molecular weight is 256 g/mol. The molecule has 1 aliphatic rings. The lowest BCUT2D eigenvalue weighted by atomic mass is 10.0. The van der Waals surface area contributed by atoms with E-state index in [4.69, 9.17) is 10.5 Å². The highest BCUT2D eigenvalue weighted by atomic mass is 79.9. The first kappa shape index (κ1) is 9.99. The third-order valence-corrected chi connectivity index (χ3v) is 3.10. The molecule has 0 amide bonds. The molecule has 2 rings (SSSR count). The van der Waals surface area contributed by atoms with Crippen LogP contribution in [-0.2, 0) is 0 Å². The van der Waals surface area contributed by atoms with Crippen molar-refractivity contribution in [2.24, 2.45) is 11.7 Å². The summed E-state index contributed by atoms with van der Waals surface area (Å²) in [6.45, 7) is 0. The van der Waals surface area contributed by atoms with E-state index < -0.39 is 0 Å². The lowest BCUT2D eigenvalue weighted by molar-refractivity contribution is 0.413. The molecule has 1 aromatic rings. The second-order valence-corrected chi connectivity index (χ2v) is 4.70. The predicted molar refractivity (Wildman–Crippen MR) is 60.3 cm³/mol. The van der Waals surface area contributed by atoms with Gasteiger partial charge in [0.2, 0.25) is 0 Å². The molecule has 1 aromatic carbocycles. The van der Waals surface area contributed by atoms with Crippen molar-refractivity contribution < 1.29 is 4.74 Å². The molecule has 0 heterocycles. The standard InChI is InChI=1S/C11H14BrNO/c1-14-10-5-8(4-9(12)6-10)11(13)7-2-3-7/h4-7,11H,2-3,13H2,1H3/t11-/m0/s1. The van der Waals surface area contributed by atoms with E-state index >= 15 is 0 Å². The first-order valence-electron chi connectivity index (χ1n) is 4.81. The Morgan fingerprint density at radius 2 is 2.14 bits per heavy atom. The minimum atomic E-state index is 0.168. The summed E-state index contributed by atoms with van der Waals surface area (Å²) in [4.78, 5) is 0. The monoisotopic (exact) mass is 255 g/mol. The maximum Gasteiger partial charge on any atom is 0.120 e. The van der Waals surface area contributed by atoms with Gasteiger partial charge in [0.15, 0.2) is 0 Å². The highest BCUT2D eigenvalue weighted by Crippen LogP contribution is 2.40. The number of benzene rings is 1. The lowest BCUT2D eigenvalue weighted by Crippen LogP contribution is -2.12. The van der Waals surface area contributed by atoms with Crippen molar-refractivity contribution in [3.05, 3.63) is 28.2 Å². The Kier molecular flexibility index (Phi) is 2.79. The Labute approximate surface area is 92.6 Å². The van der Waals surface area contributed by atoms with Crippen LogP contribution in [0.15, 0.2) is 22.7 Å². The zero-order valence-electron chi connectivity index (χ0n) is 8.16. The Morgan fingerprint density at radius 3 is 2.71 bits per heavy atom. The van der Waals surface area contributed by atoms with Gasteiger partial charge in [-0.05, 0) is 42.5 Å². The van der Waals surface area contributed by atoms with Crippen LogP contribution in [0.2, 0.25) is 0 Å². The molecule has 0 aliphatic heterocycles. The van der Waals surface area contributed by atoms with Gasteiger partial charge in [-0.15, -0.1) is 0 Å². The number of ether oxygens (including phenoxy) is 1. The summed E-state index contributed by atoms with van der Waals surface area (Å²) in [6, 6.07) is 6.21. The van der Waals surface area contributed by atoms with Crippen LogP contribution >= 0.6 is 15.9 Å². The Balaban J connectivity index is 2.27. The molecule has 0 spiro atoms. The van der Waals surface area contributed by atoms with Crippen LogP contribution in [0.4, 0.5) is 0 Å². The summed E-state index contributed by atoms with van der Waals surface area (Å²) in [5.74, 6) is 1.54. The van der Waals surface area contributed by atoms with Gasteiger partial charge in [0.05, 0.1) is 7.11 Å². The fourth-order valence-corrected chi connectivity index (χ4v) is 2.11. The number of rotatable bonds is 3. The van der Waals surface area contributed by atoms with E-state index in [-0.39, 0.29) is 6.04 Å². The van der Waals surface area contributed by atoms with Gasteiger partial charge in [-0.2, -0.15) is 0 Å². The van der Waals surface area contributed by atoms with Gasteiger partial charge in [0.25, 0.3) is 0 Å². The second kappa shape index (κ2) is 3.91. The van der Waals surface area contributed by atoms with Crippen molar-refractivity contribution in [2.45, 2.75) is 18.9 Å². The maximum absolute atomic E-state index is 6.12. The van der Waals surface area contributed by atoms with Gasteiger partial charge < -0.3 is 10.5 Å².